The Morgan fingerprint density at radius 1 is 1.27 bits per heavy atom. The molecule has 1 aromatic carbocycles. The van der Waals surface area contributed by atoms with Gasteiger partial charge in [-0.25, -0.2) is 14.8 Å². The summed E-state index contributed by atoms with van der Waals surface area (Å²) in [5, 5.41) is 4.23. The van der Waals surface area contributed by atoms with E-state index in [0.29, 0.717) is 17.3 Å². The highest BCUT2D eigenvalue weighted by Gasteiger charge is 2.22. The molecule has 30 heavy (non-hydrogen) atoms. The molecule has 4 aromatic rings. The summed E-state index contributed by atoms with van der Waals surface area (Å²) in [6.07, 6.45) is 1.68. The van der Waals surface area contributed by atoms with E-state index in [1.54, 1.807) is 32.4 Å². The molecule has 0 amide bonds. The number of aromatic nitrogens is 3. The van der Waals surface area contributed by atoms with Gasteiger partial charge in [-0.05, 0) is 47.5 Å². The molecule has 1 N–H and O–H groups in total. The lowest BCUT2D eigenvalue weighted by Crippen LogP contribution is -2.15. The average Bonchev–Trinajstić information content (AvgIpc) is 3.07. The number of rotatable bonds is 6. The maximum Gasteiger partial charge on any atom is 0.357 e. The van der Waals surface area contributed by atoms with E-state index in [1.807, 2.05) is 41.7 Å². The average molecular weight is 469 g/mol. The van der Waals surface area contributed by atoms with E-state index >= 15 is 0 Å². The number of nitrogens with one attached hydrogen (secondary N) is 1. The molecule has 0 radical (unpaired) electrons. The fourth-order valence-electron chi connectivity index (χ4n) is 3.41. The third kappa shape index (κ3) is 3.47. The molecule has 0 fully saturated rings. The smallest absolute Gasteiger partial charge is 0.357 e. The van der Waals surface area contributed by atoms with Gasteiger partial charge in [-0.15, -0.1) is 0 Å². The second-order valence-electron chi connectivity index (χ2n) is 6.71. The van der Waals surface area contributed by atoms with Crippen LogP contribution in [0.3, 0.4) is 0 Å². The van der Waals surface area contributed by atoms with Crippen molar-refractivity contribution in [2.75, 3.05) is 19.0 Å². The van der Waals surface area contributed by atoms with Crippen LogP contribution in [0.1, 0.15) is 35.9 Å². The van der Waals surface area contributed by atoms with Crippen molar-refractivity contribution in [1.82, 2.24) is 14.4 Å². The molecule has 0 saturated carbocycles. The van der Waals surface area contributed by atoms with Gasteiger partial charge in [0.05, 0.1) is 35.1 Å². The van der Waals surface area contributed by atoms with Gasteiger partial charge in [0.2, 0.25) is 5.95 Å². The SMILES string of the molecule is CCOC(=O)c1cc2c(Br)c3c(OC)ccnc3n2c(N[C@@H](C)c2ccccc2)n1. The van der Waals surface area contributed by atoms with Crippen LogP contribution in [0.4, 0.5) is 5.95 Å². The predicted octanol–water partition coefficient (Wildman–Crippen LogP) is 5.00. The fraction of sp³-hybridized carbons (Fsp3) is 0.227. The number of nitrogens with zero attached hydrogens (tertiary/aromatic N) is 3. The van der Waals surface area contributed by atoms with Crippen LogP contribution in [0.5, 0.6) is 5.75 Å². The first-order chi connectivity index (χ1) is 14.5. The molecule has 0 aliphatic heterocycles. The molecule has 1 atom stereocenters. The van der Waals surface area contributed by atoms with Crippen molar-refractivity contribution in [2.24, 2.45) is 0 Å². The summed E-state index contributed by atoms with van der Waals surface area (Å²) in [6, 6.07) is 13.5. The van der Waals surface area contributed by atoms with Gasteiger partial charge in [0.1, 0.15) is 5.75 Å². The van der Waals surface area contributed by atoms with Crippen LogP contribution in [0, 0.1) is 0 Å². The van der Waals surface area contributed by atoms with Gasteiger partial charge >= 0.3 is 5.97 Å². The number of anilines is 1. The van der Waals surface area contributed by atoms with Crippen molar-refractivity contribution in [1.29, 1.82) is 0 Å². The first kappa shape index (κ1) is 20.2. The van der Waals surface area contributed by atoms with Crippen molar-refractivity contribution < 1.29 is 14.3 Å². The normalized spacial score (nSPS) is 12.1. The number of benzene rings is 1. The van der Waals surface area contributed by atoms with Crippen LogP contribution in [0.15, 0.2) is 53.1 Å². The van der Waals surface area contributed by atoms with E-state index in [4.69, 9.17) is 9.47 Å². The minimum Gasteiger partial charge on any atom is -0.496 e. The van der Waals surface area contributed by atoms with Crippen molar-refractivity contribution in [3.63, 3.8) is 0 Å². The highest BCUT2D eigenvalue weighted by molar-refractivity contribution is 9.10. The summed E-state index contributed by atoms with van der Waals surface area (Å²) in [6.45, 7) is 4.08. The Balaban J connectivity index is 1.96. The first-order valence-electron chi connectivity index (χ1n) is 9.57. The Morgan fingerprint density at radius 2 is 2.03 bits per heavy atom. The molecule has 8 heteroatoms. The van der Waals surface area contributed by atoms with E-state index in [0.717, 1.165) is 20.9 Å². The van der Waals surface area contributed by atoms with Crippen molar-refractivity contribution >= 4 is 44.4 Å². The molecule has 7 nitrogen and oxygen atoms in total. The second-order valence-corrected chi connectivity index (χ2v) is 7.50. The lowest BCUT2D eigenvalue weighted by molar-refractivity contribution is 0.0519. The number of esters is 1. The van der Waals surface area contributed by atoms with E-state index in [-0.39, 0.29) is 18.3 Å². The Kier molecular flexibility index (Phi) is 5.59. The van der Waals surface area contributed by atoms with Gasteiger partial charge < -0.3 is 14.8 Å². The Morgan fingerprint density at radius 3 is 2.73 bits per heavy atom. The zero-order valence-electron chi connectivity index (χ0n) is 16.8. The summed E-state index contributed by atoms with van der Waals surface area (Å²) in [5.74, 6) is 0.686. The molecular weight excluding hydrogens is 448 g/mol. The van der Waals surface area contributed by atoms with Crippen molar-refractivity contribution in [3.05, 3.63) is 64.4 Å². The van der Waals surface area contributed by atoms with E-state index in [1.165, 1.54) is 0 Å². The van der Waals surface area contributed by atoms with E-state index in [9.17, 15) is 4.79 Å². The van der Waals surface area contributed by atoms with Crippen LogP contribution in [0.25, 0.3) is 16.6 Å². The molecule has 0 bridgehead atoms. The topological polar surface area (TPSA) is 77.8 Å². The number of halogens is 1. The largest absolute Gasteiger partial charge is 0.496 e. The monoisotopic (exact) mass is 468 g/mol. The second kappa shape index (κ2) is 8.31. The Hall–Kier alpha value is -3.13. The van der Waals surface area contributed by atoms with Crippen LogP contribution >= 0.6 is 15.9 Å². The van der Waals surface area contributed by atoms with Crippen molar-refractivity contribution in [3.8, 4) is 5.75 Å². The Labute approximate surface area is 182 Å². The van der Waals surface area contributed by atoms with Gasteiger partial charge in [0.25, 0.3) is 0 Å². The van der Waals surface area contributed by atoms with Gasteiger partial charge in [-0.3, -0.25) is 4.40 Å². The molecule has 0 aliphatic carbocycles. The third-order valence-corrected chi connectivity index (χ3v) is 5.65. The van der Waals surface area contributed by atoms with E-state index < -0.39 is 5.97 Å². The standard InChI is InChI=1S/C22H21BrN4O3/c1-4-30-21(28)15-12-16-19(23)18-17(29-3)10-11-24-20(18)27(16)22(26-15)25-13(2)14-8-6-5-7-9-14/h5-13H,4H2,1-3H3,(H,25,26)/t13-/m0/s1. The quantitative estimate of drug-likeness (QED) is 0.401. The fourth-order valence-corrected chi connectivity index (χ4v) is 4.08. The first-order valence-corrected chi connectivity index (χ1v) is 10.4. The zero-order chi connectivity index (χ0) is 21.3. The Bertz CT molecular complexity index is 1220. The molecule has 0 spiro atoms. The molecule has 3 heterocycles. The lowest BCUT2D eigenvalue weighted by atomic mass is 10.1. The maximum atomic E-state index is 12.5. The highest BCUT2D eigenvalue weighted by atomic mass is 79.9. The highest BCUT2D eigenvalue weighted by Crippen LogP contribution is 2.38. The number of ether oxygens (including phenoxy) is 2. The van der Waals surface area contributed by atoms with Gasteiger partial charge in [-0.1, -0.05) is 30.3 Å². The molecule has 154 valence electrons. The molecule has 4 rings (SSSR count). The third-order valence-electron chi connectivity index (χ3n) is 4.85. The number of fused-ring (bicyclic) bond motifs is 3. The zero-order valence-corrected chi connectivity index (χ0v) is 18.4. The van der Waals surface area contributed by atoms with Gasteiger partial charge in [-0.2, -0.15) is 0 Å². The molecule has 0 unspecified atom stereocenters. The molecule has 3 aromatic heterocycles. The molecule has 0 aliphatic rings. The summed E-state index contributed by atoms with van der Waals surface area (Å²) in [5.41, 5.74) is 2.72. The number of hydrogen-bond acceptors (Lipinski definition) is 6. The number of carbonyl (C=O) groups is 1. The summed E-state index contributed by atoms with van der Waals surface area (Å²) in [4.78, 5) is 21.6. The number of carbonyl (C=O) groups excluding carboxylic acids is 1. The van der Waals surface area contributed by atoms with E-state index in [2.05, 4.69) is 31.2 Å². The molecular formula is C22H21BrN4O3. The number of hydrogen-bond donors (Lipinski definition) is 1. The summed E-state index contributed by atoms with van der Waals surface area (Å²) < 4.78 is 13.4. The minimum atomic E-state index is -0.479. The van der Waals surface area contributed by atoms with Crippen LogP contribution in [0.2, 0.25) is 0 Å². The van der Waals surface area contributed by atoms with Crippen LogP contribution < -0.4 is 10.1 Å². The summed E-state index contributed by atoms with van der Waals surface area (Å²) >= 11 is 3.66. The predicted molar refractivity (Wildman–Crippen MR) is 119 cm³/mol. The van der Waals surface area contributed by atoms with Crippen LogP contribution in [-0.4, -0.2) is 34.1 Å². The van der Waals surface area contributed by atoms with Gasteiger partial charge in [0, 0.05) is 6.20 Å². The lowest BCUT2D eigenvalue weighted by Gasteiger charge is -2.17. The number of methoxy groups -OCH3 is 1. The minimum absolute atomic E-state index is 0.0545. The number of pyridine rings is 1. The van der Waals surface area contributed by atoms with Crippen LogP contribution in [-0.2, 0) is 4.74 Å². The summed E-state index contributed by atoms with van der Waals surface area (Å²) in [7, 11) is 1.61. The van der Waals surface area contributed by atoms with Gasteiger partial charge in [0.15, 0.2) is 11.3 Å². The molecule has 0 saturated heterocycles. The van der Waals surface area contributed by atoms with Crippen molar-refractivity contribution in [2.45, 2.75) is 19.9 Å². The maximum absolute atomic E-state index is 12.5.